The molecule has 3 rings (SSSR count). The van der Waals surface area contributed by atoms with Crippen LogP contribution in [0.25, 0.3) is 10.9 Å². The summed E-state index contributed by atoms with van der Waals surface area (Å²) in [5.41, 5.74) is 0.461. The van der Waals surface area contributed by atoms with Gasteiger partial charge in [0.1, 0.15) is 5.82 Å². The van der Waals surface area contributed by atoms with E-state index in [9.17, 15) is 4.79 Å². The van der Waals surface area contributed by atoms with Crippen LogP contribution in [0.1, 0.15) is 5.82 Å². The fourth-order valence-electron chi connectivity index (χ4n) is 2.67. The van der Waals surface area contributed by atoms with Crippen LogP contribution in [0.15, 0.2) is 16.9 Å². The van der Waals surface area contributed by atoms with Gasteiger partial charge in [0, 0.05) is 32.2 Å². The lowest BCUT2D eigenvalue weighted by Gasteiger charge is -2.26. The molecule has 0 spiro atoms. The molecule has 0 bridgehead atoms. The SMILES string of the molecule is COc1cc2nc(CN3CCNCC3)[nH]c(=O)c2cc1OC. The highest BCUT2D eigenvalue weighted by molar-refractivity contribution is 5.81. The maximum atomic E-state index is 12.3. The van der Waals surface area contributed by atoms with Crippen molar-refractivity contribution in [3.63, 3.8) is 0 Å². The molecule has 0 amide bonds. The fraction of sp³-hybridized carbons (Fsp3) is 0.467. The Kier molecular flexibility index (Phi) is 4.26. The van der Waals surface area contributed by atoms with E-state index in [2.05, 4.69) is 20.2 Å². The van der Waals surface area contributed by atoms with Gasteiger partial charge < -0.3 is 19.8 Å². The molecule has 1 aliphatic rings. The van der Waals surface area contributed by atoms with Crippen LogP contribution < -0.4 is 20.3 Å². The molecule has 2 N–H and O–H groups in total. The van der Waals surface area contributed by atoms with E-state index in [1.54, 1.807) is 26.4 Å². The summed E-state index contributed by atoms with van der Waals surface area (Å²) in [6, 6.07) is 3.40. The minimum atomic E-state index is -0.156. The number of methoxy groups -OCH3 is 2. The number of H-pyrrole nitrogens is 1. The van der Waals surface area contributed by atoms with E-state index < -0.39 is 0 Å². The Labute approximate surface area is 128 Å². The standard InChI is InChI=1S/C15H20N4O3/c1-21-12-7-10-11(8-13(12)22-2)17-14(18-15(10)20)9-19-5-3-16-4-6-19/h7-8,16H,3-6,9H2,1-2H3,(H,17,18,20). The predicted octanol–water partition coefficient (Wildman–Crippen LogP) is 0.346. The van der Waals surface area contributed by atoms with Crippen LogP contribution in [0.5, 0.6) is 11.5 Å². The Morgan fingerprint density at radius 2 is 1.86 bits per heavy atom. The molecular formula is C15H20N4O3. The van der Waals surface area contributed by atoms with Crippen LogP contribution in [0.4, 0.5) is 0 Å². The molecule has 1 fully saturated rings. The van der Waals surface area contributed by atoms with Gasteiger partial charge in [-0.3, -0.25) is 9.69 Å². The Balaban J connectivity index is 1.98. The highest BCUT2D eigenvalue weighted by Crippen LogP contribution is 2.29. The first-order valence-electron chi connectivity index (χ1n) is 7.29. The number of aromatic nitrogens is 2. The summed E-state index contributed by atoms with van der Waals surface area (Å²) in [7, 11) is 3.11. The monoisotopic (exact) mass is 304 g/mol. The first kappa shape index (κ1) is 14.8. The molecule has 118 valence electrons. The van der Waals surface area contributed by atoms with Crippen LogP contribution in [0.2, 0.25) is 0 Å². The highest BCUT2D eigenvalue weighted by Gasteiger charge is 2.14. The summed E-state index contributed by atoms with van der Waals surface area (Å²) in [6.45, 7) is 4.47. The van der Waals surface area contributed by atoms with Crippen molar-refractivity contribution < 1.29 is 9.47 Å². The summed E-state index contributed by atoms with van der Waals surface area (Å²) < 4.78 is 10.5. The number of hydrogen-bond acceptors (Lipinski definition) is 6. The van der Waals surface area contributed by atoms with Gasteiger partial charge in [-0.15, -0.1) is 0 Å². The topological polar surface area (TPSA) is 79.5 Å². The summed E-state index contributed by atoms with van der Waals surface area (Å²) in [5.74, 6) is 1.77. The molecule has 0 aliphatic carbocycles. The largest absolute Gasteiger partial charge is 0.493 e. The Morgan fingerprint density at radius 3 is 2.55 bits per heavy atom. The zero-order chi connectivity index (χ0) is 15.5. The summed E-state index contributed by atoms with van der Waals surface area (Å²) in [5, 5.41) is 3.81. The molecule has 0 unspecified atom stereocenters. The van der Waals surface area contributed by atoms with Gasteiger partial charge in [-0.1, -0.05) is 0 Å². The number of nitrogens with zero attached hydrogens (tertiary/aromatic N) is 2. The van der Waals surface area contributed by atoms with Gasteiger partial charge in [-0.2, -0.15) is 0 Å². The normalized spacial score (nSPS) is 15.9. The number of fused-ring (bicyclic) bond motifs is 1. The molecule has 0 atom stereocenters. The molecule has 1 aromatic heterocycles. The number of piperazine rings is 1. The second-order valence-corrected chi connectivity index (χ2v) is 5.26. The minimum Gasteiger partial charge on any atom is -0.493 e. The van der Waals surface area contributed by atoms with Crippen LogP contribution in [0, 0.1) is 0 Å². The number of hydrogen-bond donors (Lipinski definition) is 2. The molecule has 7 nitrogen and oxygen atoms in total. The van der Waals surface area contributed by atoms with Crippen LogP contribution in [-0.2, 0) is 6.54 Å². The molecule has 1 saturated heterocycles. The van der Waals surface area contributed by atoms with Crippen molar-refractivity contribution in [1.29, 1.82) is 0 Å². The van der Waals surface area contributed by atoms with Crippen molar-refractivity contribution in [2.24, 2.45) is 0 Å². The van der Waals surface area contributed by atoms with Crippen molar-refractivity contribution in [2.45, 2.75) is 6.54 Å². The predicted molar refractivity (Wildman–Crippen MR) is 83.6 cm³/mol. The third kappa shape index (κ3) is 2.90. The average Bonchev–Trinajstić information content (AvgIpc) is 2.54. The van der Waals surface area contributed by atoms with Crippen molar-refractivity contribution >= 4 is 10.9 Å². The Morgan fingerprint density at radius 1 is 1.18 bits per heavy atom. The number of ether oxygens (including phenoxy) is 2. The van der Waals surface area contributed by atoms with E-state index in [-0.39, 0.29) is 5.56 Å². The lowest BCUT2D eigenvalue weighted by Crippen LogP contribution is -2.43. The Hall–Kier alpha value is -2.12. The van der Waals surface area contributed by atoms with Crippen molar-refractivity contribution in [3.8, 4) is 11.5 Å². The number of rotatable bonds is 4. The van der Waals surface area contributed by atoms with E-state index in [1.807, 2.05) is 0 Å². The third-order valence-electron chi connectivity index (χ3n) is 3.84. The van der Waals surface area contributed by atoms with E-state index in [1.165, 1.54) is 0 Å². The zero-order valence-corrected chi connectivity index (χ0v) is 12.8. The van der Waals surface area contributed by atoms with Gasteiger partial charge in [0.15, 0.2) is 11.5 Å². The zero-order valence-electron chi connectivity index (χ0n) is 12.8. The molecule has 0 saturated carbocycles. The first-order chi connectivity index (χ1) is 10.7. The van der Waals surface area contributed by atoms with E-state index >= 15 is 0 Å². The fourth-order valence-corrected chi connectivity index (χ4v) is 2.67. The molecule has 22 heavy (non-hydrogen) atoms. The van der Waals surface area contributed by atoms with Crippen molar-refractivity contribution in [1.82, 2.24) is 20.2 Å². The highest BCUT2D eigenvalue weighted by atomic mass is 16.5. The lowest BCUT2D eigenvalue weighted by atomic mass is 10.2. The van der Waals surface area contributed by atoms with Gasteiger partial charge in [-0.05, 0) is 6.07 Å². The van der Waals surface area contributed by atoms with E-state index in [0.717, 1.165) is 26.2 Å². The third-order valence-corrected chi connectivity index (χ3v) is 3.84. The lowest BCUT2D eigenvalue weighted by molar-refractivity contribution is 0.228. The average molecular weight is 304 g/mol. The minimum absolute atomic E-state index is 0.156. The molecular weight excluding hydrogens is 284 g/mol. The molecule has 0 radical (unpaired) electrons. The maximum Gasteiger partial charge on any atom is 0.258 e. The molecule has 1 aromatic carbocycles. The summed E-state index contributed by atoms with van der Waals surface area (Å²) in [6.07, 6.45) is 0. The number of benzene rings is 1. The van der Waals surface area contributed by atoms with E-state index in [4.69, 9.17) is 9.47 Å². The molecule has 2 aromatic rings. The van der Waals surface area contributed by atoms with E-state index in [0.29, 0.717) is 34.8 Å². The van der Waals surface area contributed by atoms with Gasteiger partial charge in [0.05, 0.1) is 31.7 Å². The summed E-state index contributed by atoms with van der Waals surface area (Å²) >= 11 is 0. The van der Waals surface area contributed by atoms with Crippen LogP contribution in [0.3, 0.4) is 0 Å². The number of aromatic amines is 1. The molecule has 1 aliphatic heterocycles. The quantitative estimate of drug-likeness (QED) is 0.848. The Bertz CT molecular complexity index is 723. The second-order valence-electron chi connectivity index (χ2n) is 5.26. The molecule has 2 heterocycles. The van der Waals surface area contributed by atoms with Gasteiger partial charge in [0.2, 0.25) is 0 Å². The van der Waals surface area contributed by atoms with Gasteiger partial charge in [0.25, 0.3) is 5.56 Å². The van der Waals surface area contributed by atoms with Crippen molar-refractivity contribution in [2.75, 3.05) is 40.4 Å². The maximum absolute atomic E-state index is 12.3. The first-order valence-corrected chi connectivity index (χ1v) is 7.29. The molecule has 7 heteroatoms. The van der Waals surface area contributed by atoms with Gasteiger partial charge in [-0.25, -0.2) is 4.98 Å². The summed E-state index contributed by atoms with van der Waals surface area (Å²) in [4.78, 5) is 22.0. The number of nitrogens with one attached hydrogen (secondary N) is 2. The van der Waals surface area contributed by atoms with Crippen molar-refractivity contribution in [3.05, 3.63) is 28.3 Å². The second kappa shape index (κ2) is 6.33. The van der Waals surface area contributed by atoms with Gasteiger partial charge >= 0.3 is 0 Å². The van der Waals surface area contributed by atoms with Crippen LogP contribution >= 0.6 is 0 Å². The van der Waals surface area contributed by atoms with Crippen LogP contribution in [-0.4, -0.2) is 55.3 Å². The smallest absolute Gasteiger partial charge is 0.258 e.